The Balaban J connectivity index is 1.94. The van der Waals surface area contributed by atoms with Gasteiger partial charge in [-0.2, -0.15) is 0 Å². The van der Waals surface area contributed by atoms with E-state index < -0.39 is 5.97 Å². The molecule has 0 aliphatic rings. The van der Waals surface area contributed by atoms with E-state index in [0.29, 0.717) is 5.82 Å². The van der Waals surface area contributed by atoms with Gasteiger partial charge >= 0.3 is 5.97 Å². The molecule has 4 aromatic rings. The Bertz CT molecular complexity index is 1070. The second-order valence-electron chi connectivity index (χ2n) is 5.75. The van der Waals surface area contributed by atoms with Gasteiger partial charge in [0.15, 0.2) is 0 Å². The summed E-state index contributed by atoms with van der Waals surface area (Å²) >= 11 is 0. The third kappa shape index (κ3) is 2.36. The Kier molecular flexibility index (Phi) is 3.20. The van der Waals surface area contributed by atoms with Crippen molar-refractivity contribution in [1.82, 2.24) is 9.97 Å². The van der Waals surface area contributed by atoms with Gasteiger partial charge in [0.05, 0.1) is 11.0 Å². The Morgan fingerprint density at radius 1 is 1.08 bits per heavy atom. The number of para-hydroxylation sites is 1. The van der Waals surface area contributed by atoms with Crippen molar-refractivity contribution in [1.29, 1.82) is 0 Å². The molecule has 0 aliphatic heterocycles. The Labute approximate surface area is 138 Å². The van der Waals surface area contributed by atoms with Crippen LogP contribution < -0.4 is 5.32 Å². The highest BCUT2D eigenvalue weighted by atomic mass is 16.4. The summed E-state index contributed by atoms with van der Waals surface area (Å²) in [6.45, 7) is 2.03. The molecule has 0 amide bonds. The molecule has 2 aromatic carbocycles. The van der Waals surface area contributed by atoms with E-state index >= 15 is 0 Å². The lowest BCUT2D eigenvalue weighted by Crippen LogP contribution is -1.95. The highest BCUT2D eigenvalue weighted by Crippen LogP contribution is 2.31. The van der Waals surface area contributed by atoms with Crippen LogP contribution in [0.2, 0.25) is 0 Å². The zero-order valence-electron chi connectivity index (χ0n) is 13.0. The number of hydrogen-bond donors (Lipinski definition) is 3. The van der Waals surface area contributed by atoms with Crippen LogP contribution in [0.5, 0.6) is 0 Å². The van der Waals surface area contributed by atoms with E-state index in [1.807, 2.05) is 55.5 Å². The second kappa shape index (κ2) is 5.38. The number of aryl methyl sites for hydroxylation is 1. The van der Waals surface area contributed by atoms with Gasteiger partial charge in [0.2, 0.25) is 0 Å². The van der Waals surface area contributed by atoms with Crippen LogP contribution in [0.4, 0.5) is 11.5 Å². The molecule has 2 heterocycles. The number of aromatic carboxylic acids is 1. The van der Waals surface area contributed by atoms with Crippen molar-refractivity contribution < 1.29 is 9.90 Å². The summed E-state index contributed by atoms with van der Waals surface area (Å²) in [7, 11) is 0. The van der Waals surface area contributed by atoms with Crippen LogP contribution in [0.3, 0.4) is 0 Å². The molecule has 118 valence electrons. The molecular formula is C19H15N3O2. The van der Waals surface area contributed by atoms with Crippen LogP contribution >= 0.6 is 0 Å². The number of fused-ring (bicyclic) bond motifs is 3. The zero-order valence-corrected chi connectivity index (χ0v) is 13.0. The maximum Gasteiger partial charge on any atom is 0.352 e. The van der Waals surface area contributed by atoms with E-state index in [2.05, 4.69) is 15.3 Å². The van der Waals surface area contributed by atoms with E-state index in [-0.39, 0.29) is 5.69 Å². The number of nitrogens with one attached hydrogen (secondary N) is 2. The second-order valence-corrected chi connectivity index (χ2v) is 5.75. The van der Waals surface area contributed by atoms with Gasteiger partial charge in [-0.15, -0.1) is 0 Å². The zero-order chi connectivity index (χ0) is 16.7. The summed E-state index contributed by atoms with van der Waals surface area (Å²) in [6.07, 6.45) is 0. The van der Waals surface area contributed by atoms with Crippen molar-refractivity contribution >= 4 is 39.3 Å². The number of H-pyrrole nitrogens is 1. The van der Waals surface area contributed by atoms with E-state index in [4.69, 9.17) is 0 Å². The number of anilines is 2. The number of aromatic amines is 1. The molecule has 0 bridgehead atoms. The number of carboxylic acids is 1. The summed E-state index contributed by atoms with van der Waals surface area (Å²) in [4.78, 5) is 19.0. The van der Waals surface area contributed by atoms with Crippen molar-refractivity contribution in [2.24, 2.45) is 0 Å². The molecule has 0 unspecified atom stereocenters. The quantitative estimate of drug-likeness (QED) is 0.521. The topological polar surface area (TPSA) is 78.0 Å². The lowest BCUT2D eigenvalue weighted by molar-refractivity contribution is 0.0691. The SMILES string of the molecule is Cc1ccc(Nc2nc3ccccc3c3[nH]c(C(=O)O)cc23)cc1. The standard InChI is InChI=1S/C19H15N3O2/c1-11-6-8-12(9-7-11)20-18-14-10-16(19(23)24)21-17(14)13-4-2-3-5-15(13)22-18/h2-10,21H,1H3,(H,20,22)(H,23,24). The summed E-state index contributed by atoms with van der Waals surface area (Å²) in [5.41, 5.74) is 3.80. The Morgan fingerprint density at radius 2 is 1.83 bits per heavy atom. The molecular weight excluding hydrogens is 302 g/mol. The van der Waals surface area contributed by atoms with Gasteiger partial charge in [-0.1, -0.05) is 35.9 Å². The normalized spacial score (nSPS) is 11.0. The van der Waals surface area contributed by atoms with Crippen LogP contribution in [0.1, 0.15) is 16.1 Å². The van der Waals surface area contributed by atoms with Crippen LogP contribution in [0.25, 0.3) is 21.8 Å². The van der Waals surface area contributed by atoms with Crippen LogP contribution in [-0.4, -0.2) is 21.0 Å². The lowest BCUT2D eigenvalue weighted by Gasteiger charge is -2.09. The van der Waals surface area contributed by atoms with E-state index in [1.165, 1.54) is 5.56 Å². The largest absolute Gasteiger partial charge is 0.477 e. The summed E-state index contributed by atoms with van der Waals surface area (Å²) < 4.78 is 0. The number of aromatic nitrogens is 2. The molecule has 0 spiro atoms. The van der Waals surface area contributed by atoms with Gasteiger partial charge in [0, 0.05) is 16.5 Å². The lowest BCUT2D eigenvalue weighted by atomic mass is 10.1. The first-order valence-electron chi connectivity index (χ1n) is 7.60. The first-order valence-corrected chi connectivity index (χ1v) is 7.60. The highest BCUT2D eigenvalue weighted by molar-refractivity contribution is 6.11. The molecule has 0 saturated heterocycles. The van der Waals surface area contributed by atoms with Crippen LogP contribution in [0, 0.1) is 6.92 Å². The molecule has 3 N–H and O–H groups in total. The van der Waals surface area contributed by atoms with Crippen molar-refractivity contribution in [3.05, 3.63) is 65.9 Å². The number of rotatable bonds is 3. The molecule has 24 heavy (non-hydrogen) atoms. The van der Waals surface area contributed by atoms with Gasteiger partial charge in [-0.05, 0) is 31.2 Å². The van der Waals surface area contributed by atoms with E-state index in [1.54, 1.807) is 6.07 Å². The van der Waals surface area contributed by atoms with Crippen molar-refractivity contribution in [2.75, 3.05) is 5.32 Å². The predicted octanol–water partition coefficient (Wildman–Crippen LogP) is 4.47. The van der Waals surface area contributed by atoms with Crippen LogP contribution in [-0.2, 0) is 0 Å². The predicted molar refractivity (Wildman–Crippen MR) is 95.0 cm³/mol. The van der Waals surface area contributed by atoms with Crippen molar-refractivity contribution in [3.8, 4) is 0 Å². The van der Waals surface area contributed by atoms with Crippen molar-refractivity contribution in [2.45, 2.75) is 6.92 Å². The number of nitrogens with zero attached hydrogens (tertiary/aromatic N) is 1. The number of carboxylic acid groups (broad SMARTS) is 1. The highest BCUT2D eigenvalue weighted by Gasteiger charge is 2.14. The molecule has 0 radical (unpaired) electrons. The minimum Gasteiger partial charge on any atom is -0.477 e. The first kappa shape index (κ1) is 14.3. The van der Waals surface area contributed by atoms with Gasteiger partial charge in [-0.25, -0.2) is 9.78 Å². The maximum atomic E-state index is 11.3. The third-order valence-corrected chi connectivity index (χ3v) is 4.02. The number of pyridine rings is 1. The summed E-state index contributed by atoms with van der Waals surface area (Å²) in [5.74, 6) is -0.354. The number of benzene rings is 2. The molecule has 0 saturated carbocycles. The fraction of sp³-hybridized carbons (Fsp3) is 0.0526. The monoisotopic (exact) mass is 317 g/mol. The molecule has 0 fully saturated rings. The fourth-order valence-corrected chi connectivity index (χ4v) is 2.80. The summed E-state index contributed by atoms with van der Waals surface area (Å²) in [5, 5.41) is 14.2. The Hall–Kier alpha value is -3.34. The fourth-order valence-electron chi connectivity index (χ4n) is 2.80. The molecule has 5 heteroatoms. The number of hydrogen-bond acceptors (Lipinski definition) is 3. The average Bonchev–Trinajstić information content (AvgIpc) is 3.03. The first-order chi connectivity index (χ1) is 11.6. The molecule has 0 atom stereocenters. The molecule has 0 aliphatic carbocycles. The molecule has 2 aromatic heterocycles. The average molecular weight is 317 g/mol. The van der Waals surface area contributed by atoms with Gasteiger partial charge in [0.25, 0.3) is 0 Å². The van der Waals surface area contributed by atoms with Crippen LogP contribution in [0.15, 0.2) is 54.6 Å². The van der Waals surface area contributed by atoms with Crippen molar-refractivity contribution in [3.63, 3.8) is 0 Å². The smallest absolute Gasteiger partial charge is 0.352 e. The van der Waals surface area contributed by atoms with Gasteiger partial charge in [0.1, 0.15) is 11.5 Å². The van der Waals surface area contributed by atoms with Gasteiger partial charge < -0.3 is 15.4 Å². The van der Waals surface area contributed by atoms with E-state index in [0.717, 1.165) is 27.5 Å². The molecule has 5 nitrogen and oxygen atoms in total. The maximum absolute atomic E-state index is 11.3. The third-order valence-electron chi connectivity index (χ3n) is 4.02. The number of carbonyl (C=O) groups is 1. The summed E-state index contributed by atoms with van der Waals surface area (Å²) in [6, 6.07) is 17.3. The molecule has 4 rings (SSSR count). The minimum absolute atomic E-state index is 0.148. The van der Waals surface area contributed by atoms with Gasteiger partial charge in [-0.3, -0.25) is 0 Å². The minimum atomic E-state index is -0.989. The Morgan fingerprint density at radius 3 is 2.58 bits per heavy atom. The van der Waals surface area contributed by atoms with E-state index in [9.17, 15) is 9.90 Å².